The predicted octanol–water partition coefficient (Wildman–Crippen LogP) is 3.71. The molecule has 144 valence electrons. The summed E-state index contributed by atoms with van der Waals surface area (Å²) in [7, 11) is 1.95. The number of benzene rings is 1. The zero-order chi connectivity index (χ0) is 18.2. The molecule has 0 N–H and O–H groups in total. The number of amides is 1. The molecule has 0 unspecified atom stereocenters. The second-order valence-electron chi connectivity index (χ2n) is 8.00. The lowest BCUT2D eigenvalue weighted by Gasteiger charge is -2.32. The third kappa shape index (κ3) is 6.10. The van der Waals surface area contributed by atoms with Crippen LogP contribution in [0.4, 0.5) is 0 Å². The van der Waals surface area contributed by atoms with Gasteiger partial charge in [0.15, 0.2) is 0 Å². The Bertz CT molecular complexity index is 534. The van der Waals surface area contributed by atoms with Gasteiger partial charge in [-0.15, -0.1) is 0 Å². The van der Waals surface area contributed by atoms with Gasteiger partial charge in [-0.05, 0) is 63.1 Å². The maximum atomic E-state index is 12.5. The molecule has 0 aromatic heterocycles. The molecule has 0 spiro atoms. The number of rotatable bonds is 7. The van der Waals surface area contributed by atoms with Gasteiger partial charge in [0, 0.05) is 33.2 Å². The van der Waals surface area contributed by atoms with Crippen molar-refractivity contribution in [2.75, 3.05) is 33.3 Å². The third-order valence-electron chi connectivity index (χ3n) is 5.91. The zero-order valence-electron chi connectivity index (χ0n) is 16.2. The molecule has 1 aromatic rings. The Hall–Kier alpha value is -1.39. The Morgan fingerprint density at radius 3 is 2.62 bits per heavy atom. The molecule has 1 aromatic carbocycles. The smallest absolute Gasteiger partial charge is 0.222 e. The molecule has 1 amide bonds. The monoisotopic (exact) mass is 358 g/mol. The average molecular weight is 359 g/mol. The van der Waals surface area contributed by atoms with Gasteiger partial charge in [-0.1, -0.05) is 30.3 Å². The van der Waals surface area contributed by atoms with Crippen LogP contribution in [-0.4, -0.2) is 55.1 Å². The Balaban J connectivity index is 1.33. The fourth-order valence-corrected chi connectivity index (χ4v) is 4.09. The van der Waals surface area contributed by atoms with Gasteiger partial charge in [0.05, 0.1) is 6.10 Å². The van der Waals surface area contributed by atoms with Gasteiger partial charge in [0.1, 0.15) is 0 Å². The summed E-state index contributed by atoms with van der Waals surface area (Å²) in [6, 6.07) is 10.7. The highest BCUT2D eigenvalue weighted by atomic mass is 16.5. The van der Waals surface area contributed by atoms with Crippen molar-refractivity contribution in [2.45, 2.75) is 57.6 Å². The van der Waals surface area contributed by atoms with Gasteiger partial charge >= 0.3 is 0 Å². The fourth-order valence-electron chi connectivity index (χ4n) is 4.09. The van der Waals surface area contributed by atoms with Crippen LogP contribution < -0.4 is 0 Å². The lowest BCUT2D eigenvalue weighted by molar-refractivity contribution is -0.131. The lowest BCUT2D eigenvalue weighted by atomic mass is 9.92. The van der Waals surface area contributed by atoms with Gasteiger partial charge in [-0.2, -0.15) is 0 Å². The third-order valence-corrected chi connectivity index (χ3v) is 5.91. The van der Waals surface area contributed by atoms with Gasteiger partial charge in [-0.3, -0.25) is 9.69 Å². The minimum absolute atomic E-state index is 0.308. The number of hydrogen-bond donors (Lipinski definition) is 0. The maximum absolute atomic E-state index is 12.5. The maximum Gasteiger partial charge on any atom is 0.222 e. The van der Waals surface area contributed by atoms with Gasteiger partial charge in [0.25, 0.3) is 0 Å². The summed E-state index contributed by atoms with van der Waals surface area (Å²) < 4.78 is 5.78. The zero-order valence-corrected chi connectivity index (χ0v) is 16.2. The van der Waals surface area contributed by atoms with E-state index >= 15 is 0 Å². The van der Waals surface area contributed by atoms with E-state index < -0.39 is 0 Å². The highest BCUT2D eigenvalue weighted by Crippen LogP contribution is 2.23. The number of likely N-dealkylation sites (tertiary alicyclic amines) is 1. The van der Waals surface area contributed by atoms with Crippen LogP contribution in [0.25, 0.3) is 0 Å². The lowest BCUT2D eigenvalue weighted by Crippen LogP contribution is -2.37. The molecule has 3 rings (SSSR count). The molecule has 26 heavy (non-hydrogen) atoms. The van der Waals surface area contributed by atoms with E-state index in [0.29, 0.717) is 24.3 Å². The van der Waals surface area contributed by atoms with Crippen molar-refractivity contribution in [3.63, 3.8) is 0 Å². The van der Waals surface area contributed by atoms with Crippen molar-refractivity contribution in [1.82, 2.24) is 9.80 Å². The van der Waals surface area contributed by atoms with Gasteiger partial charge < -0.3 is 9.64 Å². The van der Waals surface area contributed by atoms with Crippen LogP contribution >= 0.6 is 0 Å². The summed E-state index contributed by atoms with van der Waals surface area (Å²) >= 11 is 0. The van der Waals surface area contributed by atoms with E-state index in [4.69, 9.17) is 4.74 Å². The minimum Gasteiger partial charge on any atom is -0.378 e. The van der Waals surface area contributed by atoms with E-state index in [2.05, 4.69) is 35.2 Å². The van der Waals surface area contributed by atoms with Crippen LogP contribution in [0.15, 0.2) is 30.3 Å². The molecule has 1 atom stereocenters. The Morgan fingerprint density at radius 2 is 1.92 bits per heavy atom. The standard InChI is InChI=1S/C22H34N2O2/c1-23(13-12-21-9-5-6-16-26-21)22(25)17-19-10-14-24(15-11-19)18-20-7-3-2-4-8-20/h2-4,7-8,19,21H,5-6,9-18H2,1H3/t21-/m0/s1. The molecule has 2 aliphatic heterocycles. The van der Waals surface area contributed by atoms with Crippen molar-refractivity contribution in [2.24, 2.45) is 5.92 Å². The molecule has 4 nitrogen and oxygen atoms in total. The van der Waals surface area contributed by atoms with Crippen molar-refractivity contribution < 1.29 is 9.53 Å². The number of piperidine rings is 1. The molecule has 0 radical (unpaired) electrons. The van der Waals surface area contributed by atoms with Gasteiger partial charge in [0.2, 0.25) is 5.91 Å². The molecular weight excluding hydrogens is 324 g/mol. The number of hydrogen-bond acceptors (Lipinski definition) is 3. The van der Waals surface area contributed by atoms with Crippen molar-refractivity contribution >= 4 is 5.91 Å². The quantitative estimate of drug-likeness (QED) is 0.745. The Labute approximate surface area is 158 Å². The van der Waals surface area contributed by atoms with E-state index in [9.17, 15) is 4.79 Å². The summed E-state index contributed by atoms with van der Waals surface area (Å²) in [4.78, 5) is 17.0. The van der Waals surface area contributed by atoms with Crippen molar-refractivity contribution in [3.8, 4) is 0 Å². The average Bonchev–Trinajstić information content (AvgIpc) is 2.69. The molecule has 0 bridgehead atoms. The van der Waals surface area contributed by atoms with E-state index in [1.165, 1.54) is 18.4 Å². The van der Waals surface area contributed by atoms with E-state index in [1.54, 1.807) is 0 Å². The number of ether oxygens (including phenoxy) is 1. The molecule has 2 aliphatic rings. The van der Waals surface area contributed by atoms with Crippen LogP contribution in [0.3, 0.4) is 0 Å². The van der Waals surface area contributed by atoms with E-state index in [0.717, 1.165) is 58.5 Å². The largest absolute Gasteiger partial charge is 0.378 e. The molecule has 2 saturated heterocycles. The Morgan fingerprint density at radius 1 is 1.15 bits per heavy atom. The van der Waals surface area contributed by atoms with Crippen molar-refractivity contribution in [3.05, 3.63) is 35.9 Å². The molecule has 0 aliphatic carbocycles. The summed E-state index contributed by atoms with van der Waals surface area (Å²) in [5.41, 5.74) is 1.38. The van der Waals surface area contributed by atoms with Crippen LogP contribution in [0.2, 0.25) is 0 Å². The summed E-state index contributed by atoms with van der Waals surface area (Å²) in [6.07, 6.45) is 7.94. The molecule has 4 heteroatoms. The first-order valence-corrected chi connectivity index (χ1v) is 10.3. The van der Waals surface area contributed by atoms with Crippen LogP contribution in [0.5, 0.6) is 0 Å². The highest BCUT2D eigenvalue weighted by molar-refractivity contribution is 5.76. The predicted molar refractivity (Wildman–Crippen MR) is 105 cm³/mol. The topological polar surface area (TPSA) is 32.8 Å². The number of carbonyl (C=O) groups excluding carboxylic acids is 1. The summed E-state index contributed by atoms with van der Waals surface area (Å²) in [6.45, 7) is 4.96. The number of nitrogens with zero attached hydrogens (tertiary/aromatic N) is 2. The molecular formula is C22H34N2O2. The summed E-state index contributed by atoms with van der Waals surface area (Å²) in [5.74, 6) is 0.852. The van der Waals surface area contributed by atoms with E-state index in [1.807, 2.05) is 11.9 Å². The van der Waals surface area contributed by atoms with Gasteiger partial charge in [-0.25, -0.2) is 0 Å². The SMILES string of the molecule is CN(CC[C@@H]1CCCCO1)C(=O)CC1CCN(Cc2ccccc2)CC1. The molecule has 2 fully saturated rings. The fraction of sp³-hybridized carbons (Fsp3) is 0.682. The first-order valence-electron chi connectivity index (χ1n) is 10.3. The molecule has 0 saturated carbocycles. The van der Waals surface area contributed by atoms with Crippen LogP contribution in [-0.2, 0) is 16.1 Å². The highest BCUT2D eigenvalue weighted by Gasteiger charge is 2.23. The second kappa shape index (κ2) is 10.1. The first-order chi connectivity index (χ1) is 12.7. The molecule has 2 heterocycles. The van der Waals surface area contributed by atoms with Crippen molar-refractivity contribution in [1.29, 1.82) is 0 Å². The van der Waals surface area contributed by atoms with Crippen LogP contribution in [0, 0.1) is 5.92 Å². The Kier molecular flexibility index (Phi) is 7.51. The number of carbonyl (C=O) groups is 1. The minimum atomic E-state index is 0.308. The second-order valence-corrected chi connectivity index (χ2v) is 8.00. The summed E-state index contributed by atoms with van der Waals surface area (Å²) in [5, 5.41) is 0. The van der Waals surface area contributed by atoms with E-state index in [-0.39, 0.29) is 0 Å². The normalized spacial score (nSPS) is 22.3. The van der Waals surface area contributed by atoms with Crippen LogP contribution in [0.1, 0.15) is 50.5 Å². The first kappa shape index (κ1) is 19.4.